The minimum atomic E-state index is -0.953. The molecular formula is C21H27N3O4. The number of urea groups is 1. The molecule has 7 nitrogen and oxygen atoms in total. The van der Waals surface area contributed by atoms with E-state index in [1.165, 1.54) is 0 Å². The molecule has 0 saturated carbocycles. The van der Waals surface area contributed by atoms with Crippen molar-refractivity contribution in [3.8, 4) is 0 Å². The number of rotatable bonds is 2. The van der Waals surface area contributed by atoms with Gasteiger partial charge in [-0.25, -0.2) is 9.59 Å². The fraction of sp³-hybridized carbons (Fsp3) is 0.571. The number of carboxylic acid groups (broad SMARTS) is 1. The molecule has 0 aromatic heterocycles. The molecule has 3 aliphatic rings. The van der Waals surface area contributed by atoms with Gasteiger partial charge in [0.2, 0.25) is 5.91 Å². The van der Waals surface area contributed by atoms with E-state index in [0.29, 0.717) is 32.6 Å². The molecule has 1 aromatic rings. The van der Waals surface area contributed by atoms with Crippen LogP contribution in [0.4, 0.5) is 4.79 Å². The highest BCUT2D eigenvalue weighted by Gasteiger charge is 2.35. The maximum Gasteiger partial charge on any atom is 0.336 e. The molecule has 0 bridgehead atoms. The third kappa shape index (κ3) is 3.57. The molecule has 0 radical (unpaired) electrons. The zero-order valence-corrected chi connectivity index (χ0v) is 16.1. The summed E-state index contributed by atoms with van der Waals surface area (Å²) in [4.78, 5) is 42.9. The van der Waals surface area contributed by atoms with E-state index >= 15 is 0 Å². The van der Waals surface area contributed by atoms with Gasteiger partial charge in [-0.15, -0.1) is 0 Å². The predicted octanol–water partition coefficient (Wildman–Crippen LogP) is 2.20. The summed E-state index contributed by atoms with van der Waals surface area (Å²) in [7, 11) is 0. The lowest BCUT2D eigenvalue weighted by molar-refractivity contribution is -0.138. The van der Waals surface area contributed by atoms with Crippen molar-refractivity contribution in [3.05, 3.63) is 34.9 Å². The second-order valence-corrected chi connectivity index (χ2v) is 8.02. The average molecular weight is 385 g/mol. The zero-order chi connectivity index (χ0) is 19.7. The summed E-state index contributed by atoms with van der Waals surface area (Å²) in [6, 6.07) is 5.38. The molecule has 150 valence electrons. The predicted molar refractivity (Wildman–Crippen MR) is 103 cm³/mol. The number of aromatic carboxylic acids is 1. The van der Waals surface area contributed by atoms with Crippen LogP contribution in [0.3, 0.4) is 0 Å². The Balaban J connectivity index is 1.44. The summed E-state index contributed by atoms with van der Waals surface area (Å²) in [6.45, 7) is 3.76. The number of hydrogen-bond donors (Lipinski definition) is 1. The monoisotopic (exact) mass is 385 g/mol. The molecule has 1 aromatic carbocycles. The topological polar surface area (TPSA) is 81.2 Å². The molecule has 2 saturated heterocycles. The number of hydrogen-bond acceptors (Lipinski definition) is 3. The molecule has 3 aliphatic heterocycles. The first kappa shape index (κ1) is 18.8. The van der Waals surface area contributed by atoms with Crippen molar-refractivity contribution in [2.75, 3.05) is 32.7 Å². The van der Waals surface area contributed by atoms with Gasteiger partial charge in [-0.3, -0.25) is 4.79 Å². The van der Waals surface area contributed by atoms with E-state index in [-0.39, 0.29) is 23.4 Å². The summed E-state index contributed by atoms with van der Waals surface area (Å²) in [6.07, 6.45) is 4.40. The van der Waals surface area contributed by atoms with Crippen molar-refractivity contribution in [2.24, 2.45) is 5.92 Å². The maximum atomic E-state index is 13.2. The molecule has 1 unspecified atom stereocenters. The summed E-state index contributed by atoms with van der Waals surface area (Å²) < 4.78 is 0. The Morgan fingerprint density at radius 3 is 2.43 bits per heavy atom. The fourth-order valence-electron chi connectivity index (χ4n) is 4.69. The van der Waals surface area contributed by atoms with Crippen molar-refractivity contribution in [1.29, 1.82) is 0 Å². The largest absolute Gasteiger partial charge is 0.478 e. The van der Waals surface area contributed by atoms with Crippen LogP contribution in [0, 0.1) is 5.92 Å². The Hall–Kier alpha value is -2.57. The van der Waals surface area contributed by atoms with Crippen LogP contribution in [0.5, 0.6) is 0 Å². The van der Waals surface area contributed by atoms with Crippen LogP contribution in [0.1, 0.15) is 47.2 Å². The Bertz CT molecular complexity index is 788. The molecule has 4 rings (SSSR count). The van der Waals surface area contributed by atoms with Gasteiger partial charge < -0.3 is 19.8 Å². The molecule has 0 spiro atoms. The van der Waals surface area contributed by atoms with E-state index < -0.39 is 5.97 Å². The molecule has 7 heteroatoms. The smallest absolute Gasteiger partial charge is 0.336 e. The van der Waals surface area contributed by atoms with E-state index in [0.717, 1.165) is 49.9 Å². The first-order chi connectivity index (χ1) is 13.5. The number of fused-ring (bicyclic) bond motifs is 1. The van der Waals surface area contributed by atoms with Gasteiger partial charge >= 0.3 is 12.0 Å². The van der Waals surface area contributed by atoms with Crippen LogP contribution in [-0.2, 0) is 17.8 Å². The number of carboxylic acids is 1. The lowest BCUT2D eigenvalue weighted by Crippen LogP contribution is -2.50. The first-order valence-corrected chi connectivity index (χ1v) is 10.2. The van der Waals surface area contributed by atoms with Gasteiger partial charge in [0, 0.05) is 39.3 Å². The van der Waals surface area contributed by atoms with E-state index in [1.54, 1.807) is 17.0 Å². The van der Waals surface area contributed by atoms with Crippen molar-refractivity contribution in [2.45, 2.75) is 38.6 Å². The number of carbonyl (C=O) groups excluding carboxylic acids is 2. The first-order valence-electron chi connectivity index (χ1n) is 10.2. The van der Waals surface area contributed by atoms with E-state index in [2.05, 4.69) is 0 Å². The van der Waals surface area contributed by atoms with Crippen molar-refractivity contribution < 1.29 is 19.5 Å². The maximum absolute atomic E-state index is 13.2. The molecule has 28 heavy (non-hydrogen) atoms. The SMILES string of the molecule is O=C(O)c1cccc2c1CN(C(=O)C1CCCN(C(=O)N3CCCC3)C1)CC2. The van der Waals surface area contributed by atoms with Crippen molar-refractivity contribution in [1.82, 2.24) is 14.7 Å². The summed E-state index contributed by atoms with van der Waals surface area (Å²) in [5.41, 5.74) is 2.04. The molecule has 2 fully saturated rings. The van der Waals surface area contributed by atoms with Gasteiger partial charge in [0.25, 0.3) is 0 Å². The third-order valence-electron chi connectivity index (χ3n) is 6.23. The highest BCUT2D eigenvalue weighted by atomic mass is 16.4. The van der Waals surface area contributed by atoms with Gasteiger partial charge in [-0.1, -0.05) is 12.1 Å². The highest BCUT2D eigenvalue weighted by molar-refractivity contribution is 5.90. The molecule has 1 atom stereocenters. The normalized spacial score (nSPS) is 22.1. The number of carbonyl (C=O) groups is 3. The Kier molecular flexibility index (Phi) is 5.24. The van der Waals surface area contributed by atoms with Crippen molar-refractivity contribution >= 4 is 17.9 Å². The number of piperidine rings is 1. The quantitative estimate of drug-likeness (QED) is 0.846. The Labute approximate surface area is 164 Å². The zero-order valence-electron chi connectivity index (χ0n) is 16.1. The van der Waals surface area contributed by atoms with Crippen LogP contribution in [0.15, 0.2) is 18.2 Å². The molecule has 0 aliphatic carbocycles. The molecular weight excluding hydrogens is 358 g/mol. The summed E-state index contributed by atoms with van der Waals surface area (Å²) >= 11 is 0. The third-order valence-corrected chi connectivity index (χ3v) is 6.23. The second-order valence-electron chi connectivity index (χ2n) is 8.02. The molecule has 3 heterocycles. The van der Waals surface area contributed by atoms with Crippen LogP contribution in [-0.4, -0.2) is 70.4 Å². The van der Waals surface area contributed by atoms with Gasteiger partial charge in [-0.05, 0) is 49.3 Å². The standard InChI is InChI=1S/C21H27N3O4/c25-19(16-6-4-11-24(13-16)21(28)22-9-1-2-10-22)23-12-8-15-5-3-7-17(20(26)27)18(15)14-23/h3,5,7,16H,1-2,4,6,8-14H2,(H,26,27). The average Bonchev–Trinajstić information content (AvgIpc) is 3.26. The fourth-order valence-corrected chi connectivity index (χ4v) is 4.69. The summed E-state index contributed by atoms with van der Waals surface area (Å²) in [5, 5.41) is 9.46. The van der Waals surface area contributed by atoms with Gasteiger partial charge in [0.1, 0.15) is 0 Å². The molecule has 1 N–H and O–H groups in total. The van der Waals surface area contributed by atoms with E-state index in [9.17, 15) is 19.5 Å². The van der Waals surface area contributed by atoms with Gasteiger partial charge in [0.15, 0.2) is 0 Å². The Morgan fingerprint density at radius 1 is 0.929 bits per heavy atom. The van der Waals surface area contributed by atoms with Crippen LogP contribution in [0.2, 0.25) is 0 Å². The minimum absolute atomic E-state index is 0.0461. The Morgan fingerprint density at radius 2 is 1.68 bits per heavy atom. The van der Waals surface area contributed by atoms with Gasteiger partial charge in [-0.2, -0.15) is 0 Å². The summed E-state index contributed by atoms with van der Waals surface area (Å²) in [5.74, 6) is -1.10. The van der Waals surface area contributed by atoms with E-state index in [4.69, 9.17) is 0 Å². The number of likely N-dealkylation sites (tertiary alicyclic amines) is 2. The lowest BCUT2D eigenvalue weighted by Gasteiger charge is -2.38. The lowest BCUT2D eigenvalue weighted by atomic mass is 9.92. The van der Waals surface area contributed by atoms with E-state index in [1.807, 2.05) is 15.9 Å². The van der Waals surface area contributed by atoms with Crippen molar-refractivity contribution in [3.63, 3.8) is 0 Å². The van der Waals surface area contributed by atoms with Crippen LogP contribution in [0.25, 0.3) is 0 Å². The number of benzene rings is 1. The highest BCUT2D eigenvalue weighted by Crippen LogP contribution is 2.27. The van der Waals surface area contributed by atoms with Crippen LogP contribution >= 0.6 is 0 Å². The second kappa shape index (κ2) is 7.81. The van der Waals surface area contributed by atoms with Crippen LogP contribution < -0.4 is 0 Å². The molecule has 3 amide bonds. The number of amides is 3. The minimum Gasteiger partial charge on any atom is -0.478 e. The number of nitrogens with zero attached hydrogens (tertiary/aromatic N) is 3. The van der Waals surface area contributed by atoms with Gasteiger partial charge in [0.05, 0.1) is 11.5 Å².